The first-order valence-electron chi connectivity index (χ1n) is 6.04. The second kappa shape index (κ2) is 5.63. The van der Waals surface area contributed by atoms with Gasteiger partial charge in [0.1, 0.15) is 4.90 Å². The van der Waals surface area contributed by atoms with Gasteiger partial charge in [0.15, 0.2) is 0 Å². The van der Waals surface area contributed by atoms with Crippen LogP contribution in [0.2, 0.25) is 5.02 Å². The van der Waals surface area contributed by atoms with Gasteiger partial charge in [0.25, 0.3) is 5.91 Å². The van der Waals surface area contributed by atoms with Gasteiger partial charge in [-0.1, -0.05) is 27.5 Å². The van der Waals surface area contributed by atoms with Gasteiger partial charge in [-0.3, -0.25) is 4.79 Å². The molecule has 1 saturated heterocycles. The van der Waals surface area contributed by atoms with Crippen molar-refractivity contribution >= 4 is 43.5 Å². The highest BCUT2D eigenvalue weighted by Gasteiger charge is 2.29. The van der Waals surface area contributed by atoms with Gasteiger partial charge in [0.05, 0.1) is 10.6 Å². The maximum Gasteiger partial charge on any atom is 0.255 e. The molecule has 0 bridgehead atoms. The zero-order chi connectivity index (χ0) is 15.1. The third-order valence-corrected chi connectivity index (χ3v) is 5.27. The molecule has 1 heterocycles. The minimum Gasteiger partial charge on any atom is -0.336 e. The van der Waals surface area contributed by atoms with Crippen LogP contribution in [-0.4, -0.2) is 31.8 Å². The van der Waals surface area contributed by atoms with E-state index in [1.54, 1.807) is 4.90 Å². The van der Waals surface area contributed by atoms with Crippen molar-refractivity contribution in [3.8, 4) is 0 Å². The van der Waals surface area contributed by atoms with Crippen LogP contribution < -0.4 is 5.14 Å². The summed E-state index contributed by atoms with van der Waals surface area (Å²) in [6.07, 6.45) is 1.86. The van der Waals surface area contributed by atoms with E-state index in [9.17, 15) is 13.2 Å². The summed E-state index contributed by atoms with van der Waals surface area (Å²) in [7, 11) is -3.98. The number of sulfonamides is 1. The van der Waals surface area contributed by atoms with E-state index in [2.05, 4.69) is 15.9 Å². The van der Waals surface area contributed by atoms with Gasteiger partial charge >= 0.3 is 0 Å². The molecule has 0 saturated carbocycles. The summed E-state index contributed by atoms with van der Waals surface area (Å²) in [5, 5.41) is 4.99. The Morgan fingerprint density at radius 1 is 1.50 bits per heavy atom. The van der Waals surface area contributed by atoms with Crippen LogP contribution in [0.1, 0.15) is 30.1 Å². The minimum atomic E-state index is -3.98. The van der Waals surface area contributed by atoms with Gasteiger partial charge in [0.2, 0.25) is 10.0 Å². The fourth-order valence-electron chi connectivity index (χ4n) is 2.32. The third-order valence-electron chi connectivity index (χ3n) is 3.35. The largest absolute Gasteiger partial charge is 0.336 e. The Balaban J connectivity index is 2.52. The lowest BCUT2D eigenvalue weighted by molar-refractivity contribution is 0.0747. The molecule has 5 nitrogen and oxygen atoms in total. The summed E-state index contributed by atoms with van der Waals surface area (Å²) in [5.41, 5.74) is 0.152. The molecule has 8 heteroatoms. The van der Waals surface area contributed by atoms with Gasteiger partial charge in [0, 0.05) is 17.1 Å². The number of amides is 1. The fourth-order valence-corrected chi connectivity index (χ4v) is 4.09. The number of carbonyl (C=O) groups is 1. The van der Waals surface area contributed by atoms with Crippen molar-refractivity contribution in [2.75, 3.05) is 6.54 Å². The van der Waals surface area contributed by atoms with Gasteiger partial charge in [-0.05, 0) is 31.9 Å². The van der Waals surface area contributed by atoms with Crippen molar-refractivity contribution in [1.29, 1.82) is 0 Å². The Morgan fingerprint density at radius 2 is 2.15 bits per heavy atom. The van der Waals surface area contributed by atoms with Crippen molar-refractivity contribution in [1.82, 2.24) is 4.90 Å². The molecule has 0 radical (unpaired) electrons. The topological polar surface area (TPSA) is 80.5 Å². The van der Waals surface area contributed by atoms with E-state index in [1.165, 1.54) is 12.1 Å². The number of rotatable bonds is 2. The zero-order valence-electron chi connectivity index (χ0n) is 10.8. The van der Waals surface area contributed by atoms with E-state index in [-0.39, 0.29) is 27.4 Å². The smallest absolute Gasteiger partial charge is 0.255 e. The second-order valence-corrected chi connectivity index (χ2v) is 7.62. The summed E-state index contributed by atoms with van der Waals surface area (Å²) in [5.74, 6) is -0.272. The number of hydrogen-bond acceptors (Lipinski definition) is 3. The van der Waals surface area contributed by atoms with Crippen LogP contribution in [-0.2, 0) is 10.0 Å². The predicted octanol–water partition coefficient (Wildman–Crippen LogP) is 2.37. The molecule has 110 valence electrons. The SMILES string of the molecule is CC1CCCN1C(=O)c1cc(Br)cc(S(N)(=O)=O)c1Cl. The molecule has 1 aliphatic heterocycles. The number of primary sulfonamides is 1. The zero-order valence-corrected chi connectivity index (χ0v) is 13.9. The number of likely N-dealkylation sites (tertiary alicyclic amines) is 1. The van der Waals surface area contributed by atoms with E-state index in [0.717, 1.165) is 12.8 Å². The van der Waals surface area contributed by atoms with Crippen molar-refractivity contribution in [2.24, 2.45) is 5.14 Å². The molecular formula is C12H14BrClN2O3S. The van der Waals surface area contributed by atoms with Gasteiger partial charge in [-0.15, -0.1) is 0 Å². The predicted molar refractivity (Wildman–Crippen MR) is 80.3 cm³/mol. The standard InChI is InChI=1S/C12H14BrClN2O3S/c1-7-3-2-4-16(7)12(17)9-5-8(13)6-10(11(9)14)20(15,18)19/h5-7H,2-4H2,1H3,(H2,15,18,19). The van der Waals surface area contributed by atoms with Crippen LogP contribution in [0.25, 0.3) is 0 Å². The average molecular weight is 382 g/mol. The molecule has 20 heavy (non-hydrogen) atoms. The lowest BCUT2D eigenvalue weighted by Gasteiger charge is -2.22. The van der Waals surface area contributed by atoms with Crippen LogP contribution in [0.3, 0.4) is 0 Å². The molecule has 1 atom stereocenters. The summed E-state index contributed by atoms with van der Waals surface area (Å²) >= 11 is 9.24. The molecule has 0 aliphatic carbocycles. The van der Waals surface area contributed by atoms with E-state index in [0.29, 0.717) is 11.0 Å². The van der Waals surface area contributed by atoms with E-state index in [1.807, 2.05) is 6.92 Å². The van der Waals surface area contributed by atoms with Gasteiger partial charge < -0.3 is 4.90 Å². The number of nitrogens with zero attached hydrogens (tertiary/aromatic N) is 1. The van der Waals surface area contributed by atoms with E-state index in [4.69, 9.17) is 16.7 Å². The quantitative estimate of drug-likeness (QED) is 0.854. The summed E-state index contributed by atoms with van der Waals surface area (Å²) in [4.78, 5) is 13.9. The highest BCUT2D eigenvalue weighted by atomic mass is 79.9. The second-order valence-electron chi connectivity index (χ2n) is 4.80. The number of carbonyl (C=O) groups excluding carboxylic acids is 1. The molecule has 1 aliphatic rings. The third kappa shape index (κ3) is 3.00. The first kappa shape index (κ1) is 15.8. The molecule has 1 aromatic rings. The Kier molecular flexibility index (Phi) is 4.44. The molecule has 0 aromatic heterocycles. The summed E-state index contributed by atoms with van der Waals surface area (Å²) in [6.45, 7) is 2.60. The van der Waals surface area contributed by atoms with E-state index < -0.39 is 10.0 Å². The molecule has 1 amide bonds. The van der Waals surface area contributed by atoms with Crippen molar-refractivity contribution in [2.45, 2.75) is 30.7 Å². The van der Waals surface area contributed by atoms with Crippen molar-refractivity contribution in [3.63, 3.8) is 0 Å². The average Bonchev–Trinajstić information content (AvgIpc) is 2.75. The fraction of sp³-hybridized carbons (Fsp3) is 0.417. The maximum atomic E-state index is 12.5. The molecule has 0 spiro atoms. The first-order chi connectivity index (χ1) is 9.21. The van der Waals surface area contributed by atoms with Crippen molar-refractivity contribution in [3.05, 3.63) is 27.2 Å². The lowest BCUT2D eigenvalue weighted by atomic mass is 10.2. The Hall–Kier alpha value is -0.630. The van der Waals surface area contributed by atoms with Crippen LogP contribution in [0.5, 0.6) is 0 Å². The molecule has 2 N–H and O–H groups in total. The monoisotopic (exact) mass is 380 g/mol. The van der Waals surface area contributed by atoms with Crippen LogP contribution >= 0.6 is 27.5 Å². The van der Waals surface area contributed by atoms with Crippen LogP contribution in [0.15, 0.2) is 21.5 Å². The Bertz CT molecular complexity index is 663. The molecular weight excluding hydrogens is 368 g/mol. The number of hydrogen-bond donors (Lipinski definition) is 1. The normalized spacial score (nSPS) is 19.4. The first-order valence-corrected chi connectivity index (χ1v) is 8.76. The van der Waals surface area contributed by atoms with Crippen LogP contribution in [0, 0.1) is 0 Å². The maximum absolute atomic E-state index is 12.5. The number of halogens is 2. The highest BCUT2D eigenvalue weighted by molar-refractivity contribution is 9.10. The summed E-state index contributed by atoms with van der Waals surface area (Å²) in [6, 6.07) is 2.93. The minimum absolute atomic E-state index is 0.121. The summed E-state index contributed by atoms with van der Waals surface area (Å²) < 4.78 is 23.5. The van der Waals surface area contributed by atoms with Crippen LogP contribution in [0.4, 0.5) is 0 Å². The number of nitrogens with two attached hydrogens (primary N) is 1. The van der Waals surface area contributed by atoms with Crippen molar-refractivity contribution < 1.29 is 13.2 Å². The highest BCUT2D eigenvalue weighted by Crippen LogP contribution is 2.31. The van der Waals surface area contributed by atoms with Gasteiger partial charge in [-0.2, -0.15) is 0 Å². The lowest BCUT2D eigenvalue weighted by Crippen LogP contribution is -2.34. The van der Waals surface area contributed by atoms with E-state index >= 15 is 0 Å². The molecule has 2 rings (SSSR count). The molecule has 1 unspecified atom stereocenters. The number of benzene rings is 1. The van der Waals surface area contributed by atoms with Gasteiger partial charge in [-0.25, -0.2) is 13.6 Å². The Labute approximate surface area is 131 Å². The molecule has 1 aromatic carbocycles. The Morgan fingerprint density at radius 3 is 2.65 bits per heavy atom. The molecule has 1 fully saturated rings.